The van der Waals surface area contributed by atoms with Crippen LogP contribution in [0.15, 0.2) is 18.2 Å². The van der Waals surface area contributed by atoms with E-state index >= 15 is 0 Å². The molecule has 0 aliphatic carbocycles. The van der Waals surface area contributed by atoms with Crippen molar-refractivity contribution in [1.29, 1.82) is 0 Å². The third-order valence-corrected chi connectivity index (χ3v) is 3.60. The summed E-state index contributed by atoms with van der Waals surface area (Å²) in [6.07, 6.45) is 2.72. The molecule has 0 saturated carbocycles. The van der Waals surface area contributed by atoms with Gasteiger partial charge < -0.3 is 20.1 Å². The molecule has 1 heterocycles. The van der Waals surface area contributed by atoms with Crippen LogP contribution < -0.4 is 20.1 Å². The second-order valence-electron chi connectivity index (χ2n) is 5.02. The maximum Gasteiger partial charge on any atom is 0.224 e. The van der Waals surface area contributed by atoms with Crippen LogP contribution in [0.2, 0.25) is 0 Å². The van der Waals surface area contributed by atoms with Gasteiger partial charge in [-0.3, -0.25) is 4.79 Å². The van der Waals surface area contributed by atoms with Crippen LogP contribution in [0, 0.1) is 5.92 Å². The van der Waals surface area contributed by atoms with Gasteiger partial charge in [-0.05, 0) is 44.0 Å². The van der Waals surface area contributed by atoms with Gasteiger partial charge in [-0.15, -0.1) is 0 Å². The summed E-state index contributed by atoms with van der Waals surface area (Å²) in [6, 6.07) is 5.39. The van der Waals surface area contributed by atoms with E-state index in [4.69, 9.17) is 9.47 Å². The zero-order valence-corrected chi connectivity index (χ0v) is 12.1. The van der Waals surface area contributed by atoms with E-state index in [-0.39, 0.29) is 5.91 Å². The van der Waals surface area contributed by atoms with Crippen LogP contribution in [0.1, 0.15) is 19.3 Å². The number of hydrogen-bond donors (Lipinski definition) is 2. The molecule has 0 unspecified atom stereocenters. The minimum atomic E-state index is 0.0594. The Labute approximate surface area is 119 Å². The van der Waals surface area contributed by atoms with E-state index < -0.39 is 0 Å². The molecule has 2 rings (SSSR count). The summed E-state index contributed by atoms with van der Waals surface area (Å²) in [4.78, 5) is 12.0. The third kappa shape index (κ3) is 3.87. The Morgan fingerprint density at radius 3 is 2.60 bits per heavy atom. The molecule has 1 aromatic rings. The second kappa shape index (κ2) is 7.14. The topological polar surface area (TPSA) is 59.6 Å². The Kier molecular flexibility index (Phi) is 5.24. The Balaban J connectivity index is 1.93. The van der Waals surface area contributed by atoms with Crippen LogP contribution in [-0.4, -0.2) is 33.2 Å². The zero-order valence-electron chi connectivity index (χ0n) is 12.1. The van der Waals surface area contributed by atoms with E-state index in [0.29, 0.717) is 23.8 Å². The van der Waals surface area contributed by atoms with E-state index in [9.17, 15) is 4.79 Å². The first-order chi connectivity index (χ1) is 9.72. The monoisotopic (exact) mass is 278 g/mol. The predicted octanol–water partition coefficient (Wildman–Crippen LogP) is 2.03. The van der Waals surface area contributed by atoms with Gasteiger partial charge in [0.1, 0.15) is 0 Å². The largest absolute Gasteiger partial charge is 0.493 e. The smallest absolute Gasteiger partial charge is 0.224 e. The van der Waals surface area contributed by atoms with E-state index in [2.05, 4.69) is 10.6 Å². The molecule has 1 saturated heterocycles. The molecule has 2 N–H and O–H groups in total. The van der Waals surface area contributed by atoms with Gasteiger partial charge in [-0.25, -0.2) is 0 Å². The maximum absolute atomic E-state index is 12.0. The van der Waals surface area contributed by atoms with Crippen molar-refractivity contribution in [3.05, 3.63) is 18.2 Å². The Bertz CT molecular complexity index is 456. The summed E-state index contributed by atoms with van der Waals surface area (Å²) >= 11 is 0. The molecule has 20 heavy (non-hydrogen) atoms. The van der Waals surface area contributed by atoms with Gasteiger partial charge in [0.15, 0.2) is 11.5 Å². The molecule has 0 atom stereocenters. The number of anilines is 1. The molecule has 1 amide bonds. The second-order valence-corrected chi connectivity index (χ2v) is 5.02. The van der Waals surface area contributed by atoms with Crippen LogP contribution in [0.4, 0.5) is 5.69 Å². The lowest BCUT2D eigenvalue weighted by atomic mass is 9.94. The number of carbonyl (C=O) groups excluding carboxylic acids is 1. The number of nitrogens with one attached hydrogen (secondary N) is 2. The van der Waals surface area contributed by atoms with Crippen molar-refractivity contribution >= 4 is 11.6 Å². The number of piperidine rings is 1. The molecule has 0 radical (unpaired) electrons. The van der Waals surface area contributed by atoms with Crippen molar-refractivity contribution in [1.82, 2.24) is 5.32 Å². The average molecular weight is 278 g/mol. The van der Waals surface area contributed by atoms with Crippen LogP contribution in [-0.2, 0) is 4.79 Å². The highest BCUT2D eigenvalue weighted by molar-refractivity contribution is 5.91. The van der Waals surface area contributed by atoms with Crippen molar-refractivity contribution < 1.29 is 14.3 Å². The van der Waals surface area contributed by atoms with Crippen molar-refractivity contribution in [3.8, 4) is 11.5 Å². The number of carbonyl (C=O) groups is 1. The fourth-order valence-electron chi connectivity index (χ4n) is 2.47. The molecule has 5 nitrogen and oxygen atoms in total. The predicted molar refractivity (Wildman–Crippen MR) is 78.4 cm³/mol. The molecular formula is C15H22N2O3. The lowest BCUT2D eigenvalue weighted by molar-refractivity contribution is -0.117. The first kappa shape index (κ1) is 14.7. The summed E-state index contributed by atoms with van der Waals surface area (Å²) in [5.41, 5.74) is 0.738. The first-order valence-electron chi connectivity index (χ1n) is 6.95. The van der Waals surface area contributed by atoms with Gasteiger partial charge in [0.2, 0.25) is 5.91 Å². The number of rotatable bonds is 5. The fraction of sp³-hybridized carbons (Fsp3) is 0.533. The van der Waals surface area contributed by atoms with Crippen molar-refractivity contribution in [2.24, 2.45) is 5.92 Å². The number of methoxy groups -OCH3 is 2. The van der Waals surface area contributed by atoms with Gasteiger partial charge in [0.25, 0.3) is 0 Å². The minimum Gasteiger partial charge on any atom is -0.493 e. The number of amides is 1. The van der Waals surface area contributed by atoms with Gasteiger partial charge in [-0.1, -0.05) is 0 Å². The summed E-state index contributed by atoms with van der Waals surface area (Å²) in [5, 5.41) is 6.22. The highest BCUT2D eigenvalue weighted by Crippen LogP contribution is 2.30. The molecule has 5 heteroatoms. The van der Waals surface area contributed by atoms with Crippen LogP contribution in [0.25, 0.3) is 0 Å². The summed E-state index contributed by atoms with van der Waals surface area (Å²) in [5.74, 6) is 1.82. The average Bonchev–Trinajstić information content (AvgIpc) is 2.48. The number of ether oxygens (including phenoxy) is 2. The van der Waals surface area contributed by atoms with Gasteiger partial charge in [-0.2, -0.15) is 0 Å². The van der Waals surface area contributed by atoms with Crippen molar-refractivity contribution in [2.75, 3.05) is 32.6 Å². The molecule has 1 aliphatic heterocycles. The molecule has 1 aliphatic rings. The first-order valence-corrected chi connectivity index (χ1v) is 6.95. The highest BCUT2D eigenvalue weighted by atomic mass is 16.5. The number of benzene rings is 1. The van der Waals surface area contributed by atoms with Crippen LogP contribution >= 0.6 is 0 Å². The molecule has 1 fully saturated rings. The zero-order chi connectivity index (χ0) is 14.4. The lowest BCUT2D eigenvalue weighted by Gasteiger charge is -2.22. The van der Waals surface area contributed by atoms with Gasteiger partial charge in [0.05, 0.1) is 14.2 Å². The lowest BCUT2D eigenvalue weighted by Crippen LogP contribution is -2.30. The molecule has 0 aromatic heterocycles. The summed E-state index contributed by atoms with van der Waals surface area (Å²) in [6.45, 7) is 2.02. The van der Waals surface area contributed by atoms with Crippen LogP contribution in [0.5, 0.6) is 11.5 Å². The van der Waals surface area contributed by atoms with Gasteiger partial charge in [0, 0.05) is 18.2 Å². The quantitative estimate of drug-likeness (QED) is 0.865. The summed E-state index contributed by atoms with van der Waals surface area (Å²) in [7, 11) is 3.17. The fourth-order valence-corrected chi connectivity index (χ4v) is 2.47. The Morgan fingerprint density at radius 2 is 1.95 bits per heavy atom. The van der Waals surface area contributed by atoms with E-state index in [1.807, 2.05) is 6.07 Å². The highest BCUT2D eigenvalue weighted by Gasteiger charge is 2.17. The number of hydrogen-bond acceptors (Lipinski definition) is 4. The third-order valence-electron chi connectivity index (χ3n) is 3.60. The van der Waals surface area contributed by atoms with Gasteiger partial charge >= 0.3 is 0 Å². The van der Waals surface area contributed by atoms with E-state index in [1.165, 1.54) is 0 Å². The summed E-state index contributed by atoms with van der Waals surface area (Å²) < 4.78 is 10.4. The Morgan fingerprint density at radius 1 is 1.25 bits per heavy atom. The van der Waals surface area contributed by atoms with E-state index in [1.54, 1.807) is 26.4 Å². The minimum absolute atomic E-state index is 0.0594. The molecule has 0 spiro atoms. The maximum atomic E-state index is 12.0. The molecule has 1 aromatic carbocycles. The Hall–Kier alpha value is -1.75. The molecule has 110 valence electrons. The van der Waals surface area contributed by atoms with Crippen molar-refractivity contribution in [3.63, 3.8) is 0 Å². The molecular weight excluding hydrogens is 256 g/mol. The normalized spacial score (nSPS) is 15.7. The SMILES string of the molecule is COc1ccc(NC(=O)CC2CCNCC2)cc1OC. The van der Waals surface area contributed by atoms with Crippen molar-refractivity contribution in [2.45, 2.75) is 19.3 Å². The standard InChI is InChI=1S/C15H22N2O3/c1-19-13-4-3-12(10-14(13)20-2)17-15(18)9-11-5-7-16-8-6-11/h3-4,10-11,16H,5-9H2,1-2H3,(H,17,18). The van der Waals surface area contributed by atoms with E-state index in [0.717, 1.165) is 31.6 Å². The van der Waals surface area contributed by atoms with Crippen LogP contribution in [0.3, 0.4) is 0 Å². The molecule has 0 bridgehead atoms.